The third kappa shape index (κ3) is 3.06. The minimum atomic E-state index is -2.62. The first-order valence-corrected chi connectivity index (χ1v) is 10.0. The highest BCUT2D eigenvalue weighted by molar-refractivity contribution is 7.19. The number of anilines is 2. The van der Waals surface area contributed by atoms with E-state index in [4.69, 9.17) is 5.11 Å². The number of carboxylic acids is 1. The van der Waals surface area contributed by atoms with Gasteiger partial charge in [-0.05, 0) is 43.2 Å². The lowest BCUT2D eigenvalue weighted by Gasteiger charge is -2.26. The summed E-state index contributed by atoms with van der Waals surface area (Å²) in [6, 6.07) is 0. The first-order valence-electron chi connectivity index (χ1n) is 8.38. The maximum atomic E-state index is 14.0. The molecular formula is C17H18F2N2O2S2. The van der Waals surface area contributed by atoms with Gasteiger partial charge in [0.1, 0.15) is 9.88 Å². The summed E-state index contributed by atoms with van der Waals surface area (Å²) in [5.41, 5.74) is 1.86. The zero-order valence-electron chi connectivity index (χ0n) is 13.7. The van der Waals surface area contributed by atoms with Gasteiger partial charge in [-0.3, -0.25) is 0 Å². The van der Waals surface area contributed by atoms with Gasteiger partial charge in [-0.1, -0.05) is 11.3 Å². The van der Waals surface area contributed by atoms with Crippen molar-refractivity contribution in [2.24, 2.45) is 0 Å². The number of nitrogens with zero attached hydrogens (tertiary/aromatic N) is 2. The fraction of sp³-hybridized carbons (Fsp3) is 0.529. The van der Waals surface area contributed by atoms with E-state index in [1.54, 1.807) is 11.3 Å². The van der Waals surface area contributed by atoms with Gasteiger partial charge in [0.2, 0.25) is 0 Å². The van der Waals surface area contributed by atoms with Crippen LogP contribution in [0.2, 0.25) is 0 Å². The molecule has 0 radical (unpaired) electrons. The minimum Gasteiger partial charge on any atom is -0.477 e. The Morgan fingerprint density at radius 1 is 1.40 bits per heavy atom. The van der Waals surface area contributed by atoms with Gasteiger partial charge in [0, 0.05) is 24.3 Å². The van der Waals surface area contributed by atoms with Crippen LogP contribution in [0.1, 0.15) is 57.8 Å². The largest absolute Gasteiger partial charge is 0.477 e. The predicted molar refractivity (Wildman–Crippen MR) is 95.0 cm³/mol. The van der Waals surface area contributed by atoms with Gasteiger partial charge in [-0.15, -0.1) is 11.3 Å². The quantitative estimate of drug-likeness (QED) is 0.783. The molecule has 0 spiro atoms. The Morgan fingerprint density at radius 3 is 2.76 bits per heavy atom. The highest BCUT2D eigenvalue weighted by atomic mass is 32.1. The lowest BCUT2D eigenvalue weighted by molar-refractivity contribution is -0.0121. The van der Waals surface area contributed by atoms with Gasteiger partial charge in [0.05, 0.1) is 6.20 Å². The lowest BCUT2D eigenvalue weighted by Crippen LogP contribution is -2.27. The van der Waals surface area contributed by atoms with Crippen molar-refractivity contribution in [1.82, 2.24) is 4.98 Å². The van der Waals surface area contributed by atoms with Crippen LogP contribution in [-0.4, -0.2) is 28.5 Å². The van der Waals surface area contributed by atoms with Crippen molar-refractivity contribution in [2.75, 3.05) is 11.4 Å². The smallest absolute Gasteiger partial charge is 0.347 e. The van der Waals surface area contributed by atoms with E-state index in [0.29, 0.717) is 24.0 Å². The van der Waals surface area contributed by atoms with Crippen LogP contribution in [0.15, 0.2) is 6.20 Å². The SMILES string of the molecule is CCN(c1ncc(C(=O)O)s1)c1sc(C2CC2)c2c1CCC(F)(F)C2. The zero-order chi connectivity index (χ0) is 17.8. The molecule has 2 heterocycles. The van der Waals surface area contributed by atoms with E-state index in [-0.39, 0.29) is 17.7 Å². The number of rotatable bonds is 5. The topological polar surface area (TPSA) is 53.4 Å². The molecule has 2 aliphatic rings. The third-order valence-electron chi connectivity index (χ3n) is 4.75. The predicted octanol–water partition coefficient (Wildman–Crippen LogP) is 5.06. The monoisotopic (exact) mass is 384 g/mol. The molecule has 0 aromatic carbocycles. The van der Waals surface area contributed by atoms with Gasteiger partial charge in [-0.25, -0.2) is 18.6 Å². The molecule has 0 unspecified atom stereocenters. The van der Waals surface area contributed by atoms with Gasteiger partial charge >= 0.3 is 5.97 Å². The summed E-state index contributed by atoms with van der Waals surface area (Å²) < 4.78 is 27.9. The number of hydrogen-bond donors (Lipinski definition) is 1. The maximum absolute atomic E-state index is 14.0. The Kier molecular flexibility index (Phi) is 4.07. The number of carboxylic acid groups (broad SMARTS) is 1. The van der Waals surface area contributed by atoms with E-state index in [2.05, 4.69) is 4.98 Å². The molecule has 0 amide bonds. The first-order chi connectivity index (χ1) is 11.9. The molecule has 1 N–H and O–H groups in total. The average Bonchev–Trinajstić information content (AvgIpc) is 3.16. The Balaban J connectivity index is 1.77. The second kappa shape index (κ2) is 6.02. The molecular weight excluding hydrogens is 366 g/mol. The lowest BCUT2D eigenvalue weighted by atomic mass is 9.89. The Hall–Kier alpha value is -1.54. The zero-order valence-corrected chi connectivity index (χ0v) is 15.4. The number of aromatic carboxylic acids is 1. The van der Waals surface area contributed by atoms with Gasteiger partial charge in [0.25, 0.3) is 5.92 Å². The summed E-state index contributed by atoms with van der Waals surface area (Å²) >= 11 is 2.73. The second-order valence-electron chi connectivity index (χ2n) is 6.59. The summed E-state index contributed by atoms with van der Waals surface area (Å²) in [7, 11) is 0. The number of alkyl halides is 2. The molecule has 0 saturated heterocycles. The summed E-state index contributed by atoms with van der Waals surface area (Å²) in [5, 5.41) is 10.7. The second-order valence-corrected chi connectivity index (χ2v) is 8.63. The molecule has 0 atom stereocenters. The summed E-state index contributed by atoms with van der Waals surface area (Å²) in [6.07, 6.45) is 3.59. The van der Waals surface area contributed by atoms with Crippen molar-refractivity contribution in [2.45, 2.75) is 50.9 Å². The van der Waals surface area contributed by atoms with Gasteiger partial charge in [0.15, 0.2) is 5.13 Å². The standard InChI is InChI=1S/C17H18F2N2O2S2/c1-2-21(16-20-8-12(24-16)15(22)23)14-10-5-6-17(18,19)7-11(10)13(25-14)9-3-4-9/h8-9H,2-7H2,1H3,(H,22,23). The molecule has 1 saturated carbocycles. The van der Waals surface area contributed by atoms with Crippen LogP contribution in [-0.2, 0) is 12.8 Å². The summed E-state index contributed by atoms with van der Waals surface area (Å²) in [6.45, 7) is 2.60. The van der Waals surface area contributed by atoms with Crippen LogP contribution >= 0.6 is 22.7 Å². The van der Waals surface area contributed by atoms with Crippen molar-refractivity contribution in [3.05, 3.63) is 27.1 Å². The van der Waals surface area contributed by atoms with Crippen molar-refractivity contribution >= 4 is 38.8 Å². The Bertz CT molecular complexity index is 827. The van der Waals surface area contributed by atoms with E-state index in [1.807, 2.05) is 11.8 Å². The fourth-order valence-corrected chi connectivity index (χ4v) is 5.85. The average molecular weight is 384 g/mol. The van der Waals surface area contributed by atoms with Crippen LogP contribution in [0.3, 0.4) is 0 Å². The highest BCUT2D eigenvalue weighted by Crippen LogP contribution is 2.53. The Labute approximate surface area is 152 Å². The van der Waals surface area contributed by atoms with Crippen LogP contribution in [0.5, 0.6) is 0 Å². The van der Waals surface area contributed by atoms with Crippen molar-refractivity contribution < 1.29 is 18.7 Å². The normalized spacial score (nSPS) is 18.8. The summed E-state index contributed by atoms with van der Waals surface area (Å²) in [4.78, 5) is 18.7. The molecule has 4 nitrogen and oxygen atoms in total. The number of hydrogen-bond acceptors (Lipinski definition) is 5. The molecule has 8 heteroatoms. The molecule has 0 bridgehead atoms. The molecule has 0 aliphatic heterocycles. The number of halogens is 2. The van der Waals surface area contributed by atoms with Crippen molar-refractivity contribution in [1.29, 1.82) is 0 Å². The fourth-order valence-electron chi connectivity index (χ4n) is 3.36. The highest BCUT2D eigenvalue weighted by Gasteiger charge is 2.41. The summed E-state index contributed by atoms with van der Waals surface area (Å²) in [5.74, 6) is -3.19. The van der Waals surface area contributed by atoms with Crippen LogP contribution in [0.4, 0.5) is 18.9 Å². The van der Waals surface area contributed by atoms with E-state index in [9.17, 15) is 13.6 Å². The minimum absolute atomic E-state index is 0.121. The number of aromatic nitrogens is 1. The molecule has 25 heavy (non-hydrogen) atoms. The third-order valence-corrected chi connectivity index (χ3v) is 7.22. The van der Waals surface area contributed by atoms with Gasteiger partial charge in [-0.2, -0.15) is 0 Å². The van der Waals surface area contributed by atoms with E-state index >= 15 is 0 Å². The first kappa shape index (κ1) is 16.9. The molecule has 134 valence electrons. The van der Waals surface area contributed by atoms with E-state index in [1.165, 1.54) is 6.20 Å². The maximum Gasteiger partial charge on any atom is 0.347 e. The van der Waals surface area contributed by atoms with Gasteiger partial charge < -0.3 is 10.0 Å². The number of carbonyl (C=O) groups is 1. The number of thiophene rings is 1. The van der Waals surface area contributed by atoms with E-state index in [0.717, 1.165) is 45.2 Å². The number of thiazole rings is 1. The molecule has 2 aliphatic carbocycles. The van der Waals surface area contributed by atoms with Crippen LogP contribution < -0.4 is 4.90 Å². The van der Waals surface area contributed by atoms with Crippen molar-refractivity contribution in [3.8, 4) is 0 Å². The van der Waals surface area contributed by atoms with Crippen LogP contribution in [0, 0.1) is 0 Å². The molecule has 2 aromatic rings. The Morgan fingerprint density at radius 2 is 2.16 bits per heavy atom. The molecule has 4 rings (SSSR count). The van der Waals surface area contributed by atoms with Crippen LogP contribution in [0.25, 0.3) is 0 Å². The molecule has 1 fully saturated rings. The van der Waals surface area contributed by atoms with Crippen molar-refractivity contribution in [3.63, 3.8) is 0 Å². The number of fused-ring (bicyclic) bond motifs is 1. The molecule has 2 aromatic heterocycles. The van der Waals surface area contributed by atoms with E-state index < -0.39 is 11.9 Å².